The fourth-order valence-corrected chi connectivity index (χ4v) is 1.20. The Morgan fingerprint density at radius 3 is 2.50 bits per heavy atom. The maximum absolute atomic E-state index is 3.98. The van der Waals surface area contributed by atoms with Crippen LogP contribution in [0.25, 0.3) is 0 Å². The number of nitrogens with zero attached hydrogens (tertiary/aromatic N) is 2. The zero-order valence-electron chi connectivity index (χ0n) is 9.83. The average molecular weight is 194 g/mol. The van der Waals surface area contributed by atoms with Crippen LogP contribution >= 0.6 is 0 Å². The number of hydrazone groups is 1. The van der Waals surface area contributed by atoms with Crippen LogP contribution in [-0.2, 0) is 0 Å². The summed E-state index contributed by atoms with van der Waals surface area (Å²) in [7, 11) is 0. The van der Waals surface area contributed by atoms with Crippen LogP contribution in [0.2, 0.25) is 0 Å². The third-order valence-corrected chi connectivity index (χ3v) is 1.88. The van der Waals surface area contributed by atoms with Gasteiger partial charge in [0.25, 0.3) is 0 Å². The second-order valence-electron chi connectivity index (χ2n) is 3.66. The van der Waals surface area contributed by atoms with Crippen molar-refractivity contribution in [2.45, 2.75) is 40.5 Å². The number of allylic oxidation sites excluding steroid dienone is 3. The molecule has 2 heteroatoms. The molecule has 0 amide bonds. The van der Waals surface area contributed by atoms with Crippen LogP contribution in [0.15, 0.2) is 29.2 Å². The maximum Gasteiger partial charge on any atom is 0.0379 e. The maximum atomic E-state index is 3.98. The van der Waals surface area contributed by atoms with Gasteiger partial charge >= 0.3 is 0 Å². The second-order valence-corrected chi connectivity index (χ2v) is 3.66. The Balaban J connectivity index is 4.46. The Labute approximate surface area is 88.0 Å². The molecule has 0 rings (SSSR count). The molecule has 0 radical (unpaired) electrons. The van der Waals surface area contributed by atoms with E-state index in [4.69, 9.17) is 0 Å². The summed E-state index contributed by atoms with van der Waals surface area (Å²) in [5.41, 5.74) is 1.21. The van der Waals surface area contributed by atoms with Crippen LogP contribution in [0.3, 0.4) is 0 Å². The molecule has 0 fully saturated rings. The topological polar surface area (TPSA) is 15.6 Å². The van der Waals surface area contributed by atoms with Gasteiger partial charge in [-0.15, -0.1) is 0 Å². The van der Waals surface area contributed by atoms with Crippen molar-refractivity contribution in [3.8, 4) is 0 Å². The minimum Gasteiger partial charge on any atom is -0.246 e. The molecular formula is C12H22N2. The van der Waals surface area contributed by atoms with Crippen molar-refractivity contribution >= 4 is 6.72 Å². The molecule has 0 bridgehead atoms. The molecule has 0 aromatic heterocycles. The largest absolute Gasteiger partial charge is 0.246 e. The van der Waals surface area contributed by atoms with Crippen molar-refractivity contribution in [2.24, 2.45) is 11.0 Å². The van der Waals surface area contributed by atoms with Gasteiger partial charge in [0, 0.05) is 18.6 Å². The van der Waals surface area contributed by atoms with Gasteiger partial charge in [0.2, 0.25) is 0 Å². The smallest absolute Gasteiger partial charge is 0.0379 e. The fourth-order valence-electron chi connectivity index (χ4n) is 1.20. The lowest BCUT2D eigenvalue weighted by molar-refractivity contribution is 0.444. The third-order valence-electron chi connectivity index (χ3n) is 1.88. The zero-order chi connectivity index (χ0) is 11.0. The van der Waals surface area contributed by atoms with Crippen LogP contribution in [0.4, 0.5) is 0 Å². The number of hydrogen-bond acceptors (Lipinski definition) is 2. The highest BCUT2D eigenvalue weighted by Crippen LogP contribution is 2.16. The number of hydrogen-bond donors (Lipinski definition) is 0. The first-order valence-corrected chi connectivity index (χ1v) is 5.23. The first kappa shape index (κ1) is 12.9. The minimum atomic E-state index is 0.639. The van der Waals surface area contributed by atoms with Crippen LogP contribution < -0.4 is 0 Å². The Bertz CT molecular complexity index is 214. The number of rotatable bonds is 6. The standard InChI is InChI=1S/C12H22N2/c1-6-8-9-14(13-5)12(7-2)10-11(3)4/h7-9,11H,5-6,10H2,1-4H3/b9-8-,12-7-. The highest BCUT2D eigenvalue weighted by molar-refractivity contribution is 5.24. The van der Waals surface area contributed by atoms with Gasteiger partial charge in [-0.25, -0.2) is 5.01 Å². The summed E-state index contributed by atoms with van der Waals surface area (Å²) in [6.45, 7) is 12.1. The van der Waals surface area contributed by atoms with Gasteiger partial charge in [0.1, 0.15) is 0 Å². The molecule has 0 aromatic carbocycles. The monoisotopic (exact) mass is 194 g/mol. The lowest BCUT2D eigenvalue weighted by atomic mass is 10.1. The van der Waals surface area contributed by atoms with Crippen LogP contribution in [0, 0.1) is 5.92 Å². The molecule has 0 aliphatic rings. The first-order valence-electron chi connectivity index (χ1n) is 5.23. The summed E-state index contributed by atoms with van der Waals surface area (Å²) in [5.74, 6) is 0.639. The summed E-state index contributed by atoms with van der Waals surface area (Å²) in [4.78, 5) is 0. The quantitative estimate of drug-likeness (QED) is 0.464. The molecule has 0 N–H and O–H groups in total. The van der Waals surface area contributed by atoms with Gasteiger partial charge in [0.15, 0.2) is 0 Å². The molecule has 0 saturated carbocycles. The molecule has 2 nitrogen and oxygen atoms in total. The summed E-state index contributed by atoms with van der Waals surface area (Å²) in [6, 6.07) is 0. The van der Waals surface area contributed by atoms with Gasteiger partial charge in [-0.1, -0.05) is 32.9 Å². The second kappa shape index (κ2) is 7.36. The van der Waals surface area contributed by atoms with Gasteiger partial charge in [-0.05, 0) is 25.7 Å². The van der Waals surface area contributed by atoms with E-state index in [2.05, 4.69) is 44.7 Å². The highest BCUT2D eigenvalue weighted by atomic mass is 15.4. The third kappa shape index (κ3) is 4.85. The van der Waals surface area contributed by atoms with Crippen molar-refractivity contribution in [1.29, 1.82) is 0 Å². The van der Waals surface area contributed by atoms with Crippen LogP contribution in [0.1, 0.15) is 40.5 Å². The molecule has 0 aliphatic heterocycles. The van der Waals surface area contributed by atoms with E-state index in [1.807, 2.05) is 18.1 Å². The molecule has 80 valence electrons. The highest BCUT2D eigenvalue weighted by Gasteiger charge is 2.05. The van der Waals surface area contributed by atoms with Crippen LogP contribution in [0.5, 0.6) is 0 Å². The average Bonchev–Trinajstić information content (AvgIpc) is 2.16. The Morgan fingerprint density at radius 1 is 1.50 bits per heavy atom. The predicted octanol–water partition coefficient (Wildman–Crippen LogP) is 3.78. The Morgan fingerprint density at radius 2 is 2.14 bits per heavy atom. The van der Waals surface area contributed by atoms with Crippen molar-refractivity contribution in [2.75, 3.05) is 0 Å². The van der Waals surface area contributed by atoms with E-state index in [1.165, 1.54) is 5.70 Å². The van der Waals surface area contributed by atoms with E-state index in [0.29, 0.717) is 5.92 Å². The van der Waals surface area contributed by atoms with E-state index in [1.54, 1.807) is 0 Å². The fraction of sp³-hybridized carbons (Fsp3) is 0.583. The molecule has 0 aliphatic carbocycles. The van der Waals surface area contributed by atoms with E-state index < -0.39 is 0 Å². The summed E-state index contributed by atoms with van der Waals surface area (Å²) in [6.07, 6.45) is 8.20. The van der Waals surface area contributed by atoms with Gasteiger partial charge in [-0.3, -0.25) is 0 Å². The molecule has 0 spiro atoms. The first-order chi connectivity index (χ1) is 6.65. The van der Waals surface area contributed by atoms with Crippen molar-refractivity contribution in [3.63, 3.8) is 0 Å². The summed E-state index contributed by atoms with van der Waals surface area (Å²) in [5, 5.41) is 5.83. The zero-order valence-corrected chi connectivity index (χ0v) is 9.83. The van der Waals surface area contributed by atoms with E-state index in [-0.39, 0.29) is 0 Å². The normalized spacial score (nSPS) is 12.5. The minimum absolute atomic E-state index is 0.639. The molecule has 0 saturated heterocycles. The Kier molecular flexibility index (Phi) is 6.81. The van der Waals surface area contributed by atoms with E-state index in [9.17, 15) is 0 Å². The predicted molar refractivity (Wildman–Crippen MR) is 64.0 cm³/mol. The van der Waals surface area contributed by atoms with Crippen molar-refractivity contribution in [1.82, 2.24) is 5.01 Å². The van der Waals surface area contributed by atoms with Gasteiger partial charge in [0.05, 0.1) is 0 Å². The summed E-state index contributed by atoms with van der Waals surface area (Å²) < 4.78 is 0. The lowest BCUT2D eigenvalue weighted by Gasteiger charge is -2.19. The molecule has 14 heavy (non-hydrogen) atoms. The summed E-state index contributed by atoms with van der Waals surface area (Å²) >= 11 is 0. The SMILES string of the molecule is C=NN(/C=C\CC)/C(=C\C)CC(C)C. The van der Waals surface area contributed by atoms with Crippen LogP contribution in [-0.4, -0.2) is 11.7 Å². The van der Waals surface area contributed by atoms with Gasteiger partial charge in [-0.2, -0.15) is 5.10 Å². The lowest BCUT2D eigenvalue weighted by Crippen LogP contribution is -2.10. The van der Waals surface area contributed by atoms with Gasteiger partial charge < -0.3 is 0 Å². The van der Waals surface area contributed by atoms with Crippen molar-refractivity contribution in [3.05, 3.63) is 24.0 Å². The van der Waals surface area contributed by atoms with Crippen molar-refractivity contribution < 1.29 is 0 Å². The van der Waals surface area contributed by atoms with E-state index >= 15 is 0 Å². The van der Waals surface area contributed by atoms with E-state index in [0.717, 1.165) is 12.8 Å². The molecule has 0 atom stereocenters. The molecular weight excluding hydrogens is 172 g/mol. The Hall–Kier alpha value is -1.05. The molecule has 0 unspecified atom stereocenters. The molecule has 0 heterocycles. The molecule has 0 aromatic rings.